The molecule has 190 valence electrons. The number of aryl methyl sites for hydroxylation is 1. The Bertz CT molecular complexity index is 1390. The molecule has 0 saturated carbocycles. The lowest BCUT2D eigenvalue weighted by molar-refractivity contribution is -0.138. The second kappa shape index (κ2) is 10.9. The summed E-state index contributed by atoms with van der Waals surface area (Å²) in [5.74, 6) is -0.541. The number of alkyl halides is 3. The molecule has 0 radical (unpaired) electrons. The van der Waals surface area contributed by atoms with Crippen LogP contribution in [0, 0.1) is 16.3 Å². The van der Waals surface area contributed by atoms with E-state index >= 15 is 0 Å². The van der Waals surface area contributed by atoms with Crippen LogP contribution >= 0.6 is 22.6 Å². The fourth-order valence-electron chi connectivity index (χ4n) is 4.17. The molecule has 4 rings (SSSR count). The Kier molecular flexibility index (Phi) is 7.82. The monoisotopic (exact) mass is 619 g/mol. The standard InChI is InChI=1S/C28H22F4IN3O/c1-18-10-11-20(14-24(18)28(30,31)32)27(16-19-6-3-2-4-7-19,25-13-12-22(33)17-34-25)36-26(37)35-23-9-5-8-21(29)15-23/h2-15,17H,16H2,1H3,(H2,35,36,37)/t27-/m0/s1. The minimum atomic E-state index is -4.60. The molecule has 2 N–H and O–H groups in total. The second-order valence-electron chi connectivity index (χ2n) is 8.55. The normalized spacial score (nSPS) is 13.0. The molecule has 1 aromatic heterocycles. The van der Waals surface area contributed by atoms with Gasteiger partial charge in [0.25, 0.3) is 0 Å². The molecule has 0 saturated heterocycles. The van der Waals surface area contributed by atoms with Gasteiger partial charge in [-0.15, -0.1) is 0 Å². The summed E-state index contributed by atoms with van der Waals surface area (Å²) in [5, 5.41) is 5.48. The number of hydrogen-bond acceptors (Lipinski definition) is 2. The van der Waals surface area contributed by atoms with Crippen molar-refractivity contribution in [2.75, 3.05) is 5.32 Å². The van der Waals surface area contributed by atoms with Crippen LogP contribution in [0.15, 0.2) is 91.1 Å². The first-order valence-corrected chi connectivity index (χ1v) is 12.3. The van der Waals surface area contributed by atoms with Crippen LogP contribution in [-0.2, 0) is 18.1 Å². The van der Waals surface area contributed by atoms with E-state index in [4.69, 9.17) is 0 Å². The van der Waals surface area contributed by atoms with Gasteiger partial charge in [0, 0.05) is 21.9 Å². The zero-order valence-corrected chi connectivity index (χ0v) is 21.8. The number of benzene rings is 3. The first-order valence-electron chi connectivity index (χ1n) is 11.3. The number of aromatic nitrogens is 1. The third-order valence-electron chi connectivity index (χ3n) is 5.92. The van der Waals surface area contributed by atoms with E-state index < -0.39 is 29.1 Å². The number of carbonyl (C=O) groups excluding carboxylic acids is 1. The first kappa shape index (κ1) is 26.6. The van der Waals surface area contributed by atoms with E-state index in [1.54, 1.807) is 24.4 Å². The van der Waals surface area contributed by atoms with Crippen LogP contribution < -0.4 is 10.6 Å². The molecule has 1 heterocycles. The molecule has 2 amide bonds. The van der Waals surface area contributed by atoms with Gasteiger partial charge in [0.2, 0.25) is 0 Å². The molecule has 0 aliphatic heterocycles. The van der Waals surface area contributed by atoms with Crippen molar-refractivity contribution in [3.05, 3.63) is 128 Å². The highest BCUT2D eigenvalue weighted by Gasteiger charge is 2.41. The molecule has 0 fully saturated rings. The minimum absolute atomic E-state index is 0.0599. The molecule has 0 bridgehead atoms. The zero-order chi connectivity index (χ0) is 26.6. The maximum absolute atomic E-state index is 13.9. The van der Waals surface area contributed by atoms with Gasteiger partial charge in [-0.05, 0) is 82.6 Å². The van der Waals surface area contributed by atoms with E-state index in [9.17, 15) is 22.4 Å². The average molecular weight is 619 g/mol. The number of amides is 2. The lowest BCUT2D eigenvalue weighted by Crippen LogP contribution is -2.50. The van der Waals surface area contributed by atoms with Crippen molar-refractivity contribution in [2.24, 2.45) is 0 Å². The van der Waals surface area contributed by atoms with Crippen LogP contribution in [0.1, 0.15) is 27.9 Å². The fourth-order valence-corrected chi connectivity index (χ4v) is 4.49. The highest BCUT2D eigenvalue weighted by Crippen LogP contribution is 2.38. The SMILES string of the molecule is Cc1ccc([C@](Cc2ccccc2)(NC(=O)Nc2cccc(F)c2)c2ccc(I)cn2)cc1C(F)(F)F. The molecule has 0 spiro atoms. The van der Waals surface area contributed by atoms with Gasteiger partial charge in [0.15, 0.2) is 0 Å². The van der Waals surface area contributed by atoms with Crippen molar-refractivity contribution in [3.8, 4) is 0 Å². The van der Waals surface area contributed by atoms with Crippen LogP contribution in [0.2, 0.25) is 0 Å². The Balaban J connectivity index is 1.90. The average Bonchev–Trinajstić information content (AvgIpc) is 2.84. The van der Waals surface area contributed by atoms with E-state index in [1.807, 2.05) is 30.3 Å². The topological polar surface area (TPSA) is 54.0 Å². The molecule has 9 heteroatoms. The number of nitrogens with zero attached hydrogens (tertiary/aromatic N) is 1. The van der Waals surface area contributed by atoms with E-state index in [0.717, 1.165) is 21.3 Å². The zero-order valence-electron chi connectivity index (χ0n) is 19.6. The lowest BCUT2D eigenvalue weighted by Gasteiger charge is -2.36. The molecule has 0 aliphatic carbocycles. The summed E-state index contributed by atoms with van der Waals surface area (Å²) < 4.78 is 56.3. The molecular formula is C28H22F4IN3O. The summed E-state index contributed by atoms with van der Waals surface area (Å²) in [6.07, 6.45) is -2.90. The Hall–Kier alpha value is -3.47. The predicted molar refractivity (Wildman–Crippen MR) is 143 cm³/mol. The van der Waals surface area contributed by atoms with E-state index in [0.29, 0.717) is 5.69 Å². The quantitative estimate of drug-likeness (QED) is 0.174. The summed E-state index contributed by atoms with van der Waals surface area (Å²) >= 11 is 2.08. The van der Waals surface area contributed by atoms with Crippen LogP contribution in [0.3, 0.4) is 0 Å². The Morgan fingerprint density at radius 1 is 0.946 bits per heavy atom. The lowest BCUT2D eigenvalue weighted by atomic mass is 9.79. The third kappa shape index (κ3) is 6.27. The molecule has 1 atom stereocenters. The summed E-state index contributed by atoms with van der Waals surface area (Å²) in [7, 11) is 0. The first-order chi connectivity index (χ1) is 17.6. The number of carbonyl (C=O) groups is 1. The maximum atomic E-state index is 13.9. The van der Waals surface area contributed by atoms with Crippen molar-refractivity contribution >= 4 is 34.3 Å². The van der Waals surface area contributed by atoms with Gasteiger partial charge in [-0.2, -0.15) is 13.2 Å². The maximum Gasteiger partial charge on any atom is 0.416 e. The number of rotatable bonds is 6. The van der Waals surface area contributed by atoms with Gasteiger partial charge in [0.1, 0.15) is 11.4 Å². The summed E-state index contributed by atoms with van der Waals surface area (Å²) in [5.41, 5.74) is -0.716. The van der Waals surface area contributed by atoms with Crippen molar-refractivity contribution in [1.82, 2.24) is 10.3 Å². The number of halogens is 5. The van der Waals surface area contributed by atoms with E-state index in [1.165, 1.54) is 31.2 Å². The smallest absolute Gasteiger partial charge is 0.322 e. The van der Waals surface area contributed by atoms with Crippen LogP contribution in [0.5, 0.6) is 0 Å². The molecule has 0 aliphatic rings. The van der Waals surface area contributed by atoms with Crippen molar-refractivity contribution in [2.45, 2.75) is 25.1 Å². The molecule has 37 heavy (non-hydrogen) atoms. The minimum Gasteiger partial charge on any atom is -0.322 e. The molecule has 4 nitrogen and oxygen atoms in total. The van der Waals surface area contributed by atoms with Crippen LogP contribution in [0.25, 0.3) is 0 Å². The summed E-state index contributed by atoms with van der Waals surface area (Å²) in [4.78, 5) is 17.8. The Morgan fingerprint density at radius 2 is 1.70 bits per heavy atom. The highest BCUT2D eigenvalue weighted by molar-refractivity contribution is 14.1. The Labute approximate surface area is 225 Å². The van der Waals surface area contributed by atoms with E-state index in [2.05, 4.69) is 38.2 Å². The van der Waals surface area contributed by atoms with Gasteiger partial charge >= 0.3 is 12.2 Å². The van der Waals surface area contributed by atoms with Crippen molar-refractivity contribution in [3.63, 3.8) is 0 Å². The van der Waals surface area contributed by atoms with Crippen molar-refractivity contribution < 1.29 is 22.4 Å². The van der Waals surface area contributed by atoms with Crippen LogP contribution in [-0.4, -0.2) is 11.0 Å². The number of hydrogen-bond donors (Lipinski definition) is 2. The van der Waals surface area contributed by atoms with Gasteiger partial charge < -0.3 is 10.6 Å². The summed E-state index contributed by atoms with van der Waals surface area (Å²) in [6.45, 7) is 1.39. The Morgan fingerprint density at radius 3 is 2.35 bits per heavy atom. The number of nitrogens with one attached hydrogen (secondary N) is 2. The van der Waals surface area contributed by atoms with Gasteiger partial charge in [0.05, 0.1) is 11.3 Å². The molecule has 4 aromatic rings. The molecular weight excluding hydrogens is 597 g/mol. The number of urea groups is 1. The van der Waals surface area contributed by atoms with Gasteiger partial charge in [-0.1, -0.05) is 48.5 Å². The second-order valence-corrected chi connectivity index (χ2v) is 9.79. The highest BCUT2D eigenvalue weighted by atomic mass is 127. The number of anilines is 1. The third-order valence-corrected chi connectivity index (χ3v) is 6.56. The summed E-state index contributed by atoms with van der Waals surface area (Å²) in [6, 6.07) is 21.2. The number of pyridine rings is 1. The predicted octanol–water partition coefficient (Wildman–Crippen LogP) is 7.46. The van der Waals surface area contributed by atoms with Crippen molar-refractivity contribution in [1.29, 1.82) is 0 Å². The van der Waals surface area contributed by atoms with E-state index in [-0.39, 0.29) is 23.2 Å². The van der Waals surface area contributed by atoms with Gasteiger partial charge in [-0.25, -0.2) is 9.18 Å². The fraction of sp³-hybridized carbons (Fsp3) is 0.143. The van der Waals surface area contributed by atoms with Crippen LogP contribution in [0.4, 0.5) is 28.0 Å². The molecule has 0 unspecified atom stereocenters. The largest absolute Gasteiger partial charge is 0.416 e. The van der Waals surface area contributed by atoms with Gasteiger partial charge in [-0.3, -0.25) is 4.98 Å². The molecule has 3 aromatic carbocycles.